The molecule has 2 amide bonds. The van der Waals surface area contributed by atoms with Crippen LogP contribution in [0.25, 0.3) is 0 Å². The molecular weight excluding hydrogens is 336 g/mol. The number of alkyl carbamates (subject to hydrolysis) is 1. The molecule has 0 spiro atoms. The van der Waals surface area contributed by atoms with Crippen LogP contribution in [0.3, 0.4) is 0 Å². The Balaban J connectivity index is 2.97. The van der Waals surface area contributed by atoms with Crippen LogP contribution in [0.2, 0.25) is 0 Å². The summed E-state index contributed by atoms with van der Waals surface area (Å²) < 4.78 is 10.4. The molecule has 0 aliphatic heterocycles. The first kappa shape index (κ1) is 21.3. The zero-order valence-corrected chi connectivity index (χ0v) is 16.2. The molecule has 4 N–H and O–H groups in total. The minimum atomic E-state index is -0.830. The summed E-state index contributed by atoms with van der Waals surface area (Å²) in [6, 6.07) is 6.89. The quantitative estimate of drug-likeness (QED) is 0.422. The van der Waals surface area contributed by atoms with Crippen molar-refractivity contribution in [1.29, 1.82) is 5.41 Å². The molecule has 26 heavy (non-hydrogen) atoms. The number of guanidine groups is 1. The fourth-order valence-corrected chi connectivity index (χ4v) is 1.89. The molecule has 1 aromatic carbocycles. The van der Waals surface area contributed by atoms with Crippen LogP contribution in [0.15, 0.2) is 24.3 Å². The topological polar surface area (TPSA) is 118 Å². The van der Waals surface area contributed by atoms with E-state index in [1.165, 1.54) is 0 Å². The van der Waals surface area contributed by atoms with Crippen molar-refractivity contribution in [3.63, 3.8) is 0 Å². The summed E-state index contributed by atoms with van der Waals surface area (Å²) >= 11 is 0. The van der Waals surface area contributed by atoms with Crippen molar-refractivity contribution in [2.24, 2.45) is 0 Å². The zero-order valence-electron chi connectivity index (χ0n) is 16.2. The van der Waals surface area contributed by atoms with Gasteiger partial charge in [-0.05, 0) is 59.2 Å². The summed E-state index contributed by atoms with van der Waals surface area (Å²) in [5, 5.41) is 10.4. The molecule has 0 bridgehead atoms. The summed E-state index contributed by atoms with van der Waals surface area (Å²) in [6.07, 6.45) is -1.59. The van der Waals surface area contributed by atoms with Gasteiger partial charge in [-0.1, -0.05) is 12.1 Å². The van der Waals surface area contributed by atoms with Crippen molar-refractivity contribution in [3.8, 4) is 0 Å². The molecule has 0 fully saturated rings. The Labute approximate surface area is 154 Å². The highest BCUT2D eigenvalue weighted by atomic mass is 16.6. The second kappa shape index (κ2) is 8.07. The highest BCUT2D eigenvalue weighted by molar-refractivity contribution is 5.99. The second-order valence-electron chi connectivity index (χ2n) is 7.79. The van der Waals surface area contributed by atoms with E-state index in [-0.39, 0.29) is 6.54 Å². The lowest BCUT2D eigenvalue weighted by atomic mass is 10.2. The normalized spacial score (nSPS) is 11.5. The summed E-state index contributed by atoms with van der Waals surface area (Å²) in [7, 11) is 0. The van der Waals surface area contributed by atoms with Crippen LogP contribution >= 0.6 is 0 Å². The monoisotopic (exact) mass is 364 g/mol. The predicted molar refractivity (Wildman–Crippen MR) is 99.7 cm³/mol. The van der Waals surface area contributed by atoms with Gasteiger partial charge in [0.1, 0.15) is 11.2 Å². The number of anilines is 1. The molecule has 1 aromatic rings. The first-order chi connectivity index (χ1) is 11.8. The molecule has 0 saturated carbocycles. The van der Waals surface area contributed by atoms with E-state index in [0.29, 0.717) is 11.3 Å². The second-order valence-corrected chi connectivity index (χ2v) is 7.79. The maximum atomic E-state index is 12.5. The van der Waals surface area contributed by atoms with Gasteiger partial charge in [-0.25, -0.2) is 14.5 Å². The maximum Gasteiger partial charge on any atom is 0.417 e. The van der Waals surface area contributed by atoms with Crippen LogP contribution in [0.4, 0.5) is 15.3 Å². The van der Waals surface area contributed by atoms with Gasteiger partial charge in [0.25, 0.3) is 0 Å². The highest BCUT2D eigenvalue weighted by Gasteiger charge is 2.27. The molecule has 0 heterocycles. The van der Waals surface area contributed by atoms with Crippen molar-refractivity contribution in [2.75, 3.05) is 5.73 Å². The predicted octanol–water partition coefficient (Wildman–Crippen LogP) is 3.47. The lowest BCUT2D eigenvalue weighted by Crippen LogP contribution is -2.49. The number of carbonyl (C=O) groups is 2. The van der Waals surface area contributed by atoms with E-state index in [0.717, 1.165) is 4.90 Å². The van der Waals surface area contributed by atoms with E-state index in [9.17, 15) is 9.59 Å². The van der Waals surface area contributed by atoms with E-state index in [1.54, 1.807) is 65.8 Å². The Kier molecular flexibility index (Phi) is 6.60. The van der Waals surface area contributed by atoms with Crippen LogP contribution in [-0.4, -0.2) is 34.2 Å². The molecule has 0 unspecified atom stereocenters. The van der Waals surface area contributed by atoms with Gasteiger partial charge < -0.3 is 15.2 Å². The Bertz CT molecular complexity index is 675. The van der Waals surface area contributed by atoms with Crippen LogP contribution in [0, 0.1) is 5.41 Å². The van der Waals surface area contributed by atoms with E-state index >= 15 is 0 Å². The Morgan fingerprint density at radius 1 is 1.12 bits per heavy atom. The Morgan fingerprint density at radius 3 is 2.19 bits per heavy atom. The van der Waals surface area contributed by atoms with Crippen LogP contribution in [-0.2, 0) is 16.0 Å². The van der Waals surface area contributed by atoms with Crippen LogP contribution in [0.1, 0.15) is 47.1 Å². The van der Waals surface area contributed by atoms with Gasteiger partial charge in [-0.3, -0.25) is 10.7 Å². The number of hydrogen-bond donors (Lipinski definition) is 3. The van der Waals surface area contributed by atoms with E-state index in [1.807, 2.05) is 0 Å². The largest absolute Gasteiger partial charge is 0.444 e. The van der Waals surface area contributed by atoms with Gasteiger partial charge in [-0.2, -0.15) is 0 Å². The number of nitrogens with one attached hydrogen (secondary N) is 2. The number of ether oxygens (including phenoxy) is 2. The first-order valence-electron chi connectivity index (χ1n) is 8.20. The molecule has 8 heteroatoms. The minimum absolute atomic E-state index is 0.00852. The minimum Gasteiger partial charge on any atom is -0.444 e. The number of hydrogen-bond acceptors (Lipinski definition) is 6. The lowest BCUT2D eigenvalue weighted by Gasteiger charge is -2.28. The number of nitrogens with two attached hydrogens (primary N) is 1. The third-order valence-corrected chi connectivity index (χ3v) is 2.79. The number of benzene rings is 1. The average Bonchev–Trinajstić information content (AvgIpc) is 2.40. The van der Waals surface area contributed by atoms with Crippen molar-refractivity contribution in [2.45, 2.75) is 59.3 Å². The number of amides is 2. The number of carbonyl (C=O) groups excluding carboxylic acids is 2. The van der Waals surface area contributed by atoms with Crippen molar-refractivity contribution >= 4 is 23.8 Å². The number of nitrogen functional groups attached to an aromatic ring is 1. The fourth-order valence-electron chi connectivity index (χ4n) is 1.89. The molecule has 0 radical (unpaired) electrons. The zero-order chi connectivity index (χ0) is 20.1. The van der Waals surface area contributed by atoms with Crippen LogP contribution < -0.4 is 11.1 Å². The van der Waals surface area contributed by atoms with Gasteiger partial charge in [0, 0.05) is 5.69 Å². The lowest BCUT2D eigenvalue weighted by molar-refractivity contribution is 0.0346. The van der Waals surface area contributed by atoms with Crippen molar-refractivity contribution in [1.82, 2.24) is 10.2 Å². The molecule has 0 aliphatic carbocycles. The Morgan fingerprint density at radius 2 is 1.69 bits per heavy atom. The molecular formula is C18H28N4O4. The Hall–Kier alpha value is -2.77. The van der Waals surface area contributed by atoms with E-state index in [2.05, 4.69) is 5.32 Å². The van der Waals surface area contributed by atoms with Gasteiger partial charge in [0.15, 0.2) is 0 Å². The number of nitrogens with zero attached hydrogens (tertiary/aromatic N) is 1. The molecule has 0 aromatic heterocycles. The summed E-state index contributed by atoms with van der Waals surface area (Å²) in [6.45, 7) is 10.3. The van der Waals surface area contributed by atoms with Gasteiger partial charge in [0.2, 0.25) is 5.96 Å². The summed E-state index contributed by atoms with van der Waals surface area (Å²) in [5.41, 5.74) is 5.49. The molecule has 0 saturated heterocycles. The summed E-state index contributed by atoms with van der Waals surface area (Å²) in [4.78, 5) is 25.4. The van der Waals surface area contributed by atoms with E-state index in [4.69, 9.17) is 20.6 Å². The van der Waals surface area contributed by atoms with Crippen molar-refractivity contribution in [3.05, 3.63) is 29.8 Å². The smallest absolute Gasteiger partial charge is 0.417 e. The molecule has 8 nitrogen and oxygen atoms in total. The SMILES string of the molecule is CC(C)(C)OC(=O)NC(=N)N(Cc1cccc(N)c1)C(=O)OC(C)(C)C. The average molecular weight is 364 g/mol. The van der Waals surface area contributed by atoms with Gasteiger partial charge >= 0.3 is 12.2 Å². The third-order valence-electron chi connectivity index (χ3n) is 2.79. The molecule has 1 rings (SSSR count). The standard InChI is InChI=1S/C18H28N4O4/c1-17(2,3)25-15(23)21-14(20)22(16(24)26-18(4,5)6)11-12-8-7-9-13(19)10-12/h7-10H,11,19H2,1-6H3,(H2,20,21,23). The fraction of sp³-hybridized carbons (Fsp3) is 0.500. The summed E-state index contributed by atoms with van der Waals surface area (Å²) in [5.74, 6) is -0.448. The first-order valence-corrected chi connectivity index (χ1v) is 8.20. The third kappa shape index (κ3) is 7.87. The maximum absolute atomic E-state index is 12.5. The van der Waals surface area contributed by atoms with Gasteiger partial charge in [-0.15, -0.1) is 0 Å². The van der Waals surface area contributed by atoms with Crippen LogP contribution in [0.5, 0.6) is 0 Å². The molecule has 144 valence electrons. The van der Waals surface area contributed by atoms with Crippen molar-refractivity contribution < 1.29 is 19.1 Å². The number of rotatable bonds is 2. The highest BCUT2D eigenvalue weighted by Crippen LogP contribution is 2.15. The molecule has 0 aliphatic rings. The van der Waals surface area contributed by atoms with Gasteiger partial charge in [0.05, 0.1) is 6.54 Å². The van der Waals surface area contributed by atoms with E-state index < -0.39 is 29.3 Å². The molecule has 0 atom stereocenters.